The molecule has 0 N–H and O–H groups in total. The monoisotopic (exact) mass is 212 g/mol. The Bertz CT molecular complexity index is 494. The molecule has 0 spiro atoms. The average Bonchev–Trinajstić information content (AvgIpc) is 2.30. The molecule has 0 radical (unpaired) electrons. The molecule has 0 aliphatic carbocycles. The molecule has 3 heteroatoms. The minimum Gasteiger partial charge on any atom is -0.294 e. The van der Waals surface area contributed by atoms with E-state index in [4.69, 9.17) is 0 Å². The number of aromatic nitrogens is 2. The predicted molar refractivity (Wildman–Crippen MR) is 61.2 cm³/mol. The zero-order valence-electron chi connectivity index (χ0n) is 9.05. The second-order valence-corrected chi connectivity index (χ2v) is 3.71. The SMILES string of the molecule is Cc1cncc(C(=O)Cc2cccnc2)c1. The van der Waals surface area contributed by atoms with Crippen LogP contribution in [0.15, 0.2) is 43.0 Å². The number of rotatable bonds is 3. The van der Waals surface area contributed by atoms with E-state index in [0.29, 0.717) is 12.0 Å². The highest BCUT2D eigenvalue weighted by molar-refractivity contribution is 5.97. The van der Waals surface area contributed by atoms with Crippen molar-refractivity contribution in [3.8, 4) is 0 Å². The maximum atomic E-state index is 11.9. The van der Waals surface area contributed by atoms with Gasteiger partial charge in [0.1, 0.15) is 0 Å². The summed E-state index contributed by atoms with van der Waals surface area (Å²) in [5, 5.41) is 0. The van der Waals surface area contributed by atoms with E-state index in [2.05, 4.69) is 9.97 Å². The minimum absolute atomic E-state index is 0.0733. The Morgan fingerprint density at radius 2 is 2.12 bits per heavy atom. The van der Waals surface area contributed by atoms with Crippen molar-refractivity contribution in [3.05, 3.63) is 59.7 Å². The van der Waals surface area contributed by atoms with Crippen molar-refractivity contribution in [3.63, 3.8) is 0 Å². The normalized spacial score (nSPS) is 10.1. The van der Waals surface area contributed by atoms with Crippen LogP contribution in [0.4, 0.5) is 0 Å². The Morgan fingerprint density at radius 1 is 1.25 bits per heavy atom. The number of aryl methyl sites for hydroxylation is 1. The Balaban J connectivity index is 2.15. The van der Waals surface area contributed by atoms with Gasteiger partial charge >= 0.3 is 0 Å². The Labute approximate surface area is 94.2 Å². The van der Waals surface area contributed by atoms with Crippen LogP contribution in [0.5, 0.6) is 0 Å². The molecule has 16 heavy (non-hydrogen) atoms. The van der Waals surface area contributed by atoms with Gasteiger partial charge < -0.3 is 0 Å². The Hall–Kier alpha value is -2.03. The average molecular weight is 212 g/mol. The van der Waals surface area contributed by atoms with E-state index in [9.17, 15) is 4.79 Å². The highest BCUT2D eigenvalue weighted by atomic mass is 16.1. The van der Waals surface area contributed by atoms with Crippen molar-refractivity contribution in [2.24, 2.45) is 0 Å². The summed E-state index contributed by atoms with van der Waals surface area (Å²) < 4.78 is 0. The molecule has 0 atom stereocenters. The summed E-state index contributed by atoms with van der Waals surface area (Å²) in [6.07, 6.45) is 7.12. The highest BCUT2D eigenvalue weighted by Crippen LogP contribution is 2.07. The van der Waals surface area contributed by atoms with Crippen LogP contribution in [0.25, 0.3) is 0 Å². The number of Topliss-reactive ketones (excluding diaryl/α,β-unsaturated/α-hetero) is 1. The first-order valence-electron chi connectivity index (χ1n) is 5.09. The van der Waals surface area contributed by atoms with Crippen molar-refractivity contribution in [1.29, 1.82) is 0 Å². The van der Waals surface area contributed by atoms with E-state index < -0.39 is 0 Å². The first-order valence-corrected chi connectivity index (χ1v) is 5.09. The first kappa shape index (κ1) is 10.5. The molecular weight excluding hydrogens is 200 g/mol. The van der Waals surface area contributed by atoms with Crippen molar-refractivity contribution < 1.29 is 4.79 Å². The Morgan fingerprint density at radius 3 is 2.81 bits per heavy atom. The fourth-order valence-corrected chi connectivity index (χ4v) is 1.50. The van der Waals surface area contributed by atoms with Gasteiger partial charge in [0.05, 0.1) is 0 Å². The smallest absolute Gasteiger partial charge is 0.168 e. The molecule has 80 valence electrons. The number of carbonyl (C=O) groups is 1. The van der Waals surface area contributed by atoms with Gasteiger partial charge in [0.25, 0.3) is 0 Å². The quantitative estimate of drug-likeness (QED) is 0.732. The van der Waals surface area contributed by atoms with Crippen LogP contribution in [0, 0.1) is 6.92 Å². The van der Waals surface area contributed by atoms with Crippen molar-refractivity contribution in [1.82, 2.24) is 9.97 Å². The lowest BCUT2D eigenvalue weighted by molar-refractivity contribution is 0.0992. The minimum atomic E-state index is 0.0733. The fraction of sp³-hybridized carbons (Fsp3) is 0.154. The summed E-state index contributed by atoms with van der Waals surface area (Å²) in [6.45, 7) is 1.92. The molecule has 0 saturated heterocycles. The molecule has 0 aliphatic heterocycles. The number of carbonyl (C=O) groups excluding carboxylic acids is 1. The van der Waals surface area contributed by atoms with Gasteiger partial charge in [0, 0.05) is 36.8 Å². The van der Waals surface area contributed by atoms with E-state index >= 15 is 0 Å². The first-order chi connectivity index (χ1) is 7.75. The van der Waals surface area contributed by atoms with Crippen LogP contribution in [0.3, 0.4) is 0 Å². The fourth-order valence-electron chi connectivity index (χ4n) is 1.50. The summed E-state index contributed by atoms with van der Waals surface area (Å²) in [5.74, 6) is 0.0733. The second-order valence-electron chi connectivity index (χ2n) is 3.71. The van der Waals surface area contributed by atoms with Crippen LogP contribution in [0.1, 0.15) is 21.5 Å². The summed E-state index contributed by atoms with van der Waals surface area (Å²) in [6, 6.07) is 5.58. The van der Waals surface area contributed by atoms with E-state index in [1.807, 2.05) is 25.1 Å². The lowest BCUT2D eigenvalue weighted by atomic mass is 10.1. The van der Waals surface area contributed by atoms with Crippen LogP contribution in [0.2, 0.25) is 0 Å². The molecule has 0 aromatic carbocycles. The number of hydrogen-bond acceptors (Lipinski definition) is 3. The van der Waals surface area contributed by atoms with Gasteiger partial charge in [-0.3, -0.25) is 14.8 Å². The maximum absolute atomic E-state index is 11.9. The van der Waals surface area contributed by atoms with Gasteiger partial charge in [-0.1, -0.05) is 6.07 Å². The summed E-state index contributed by atoms with van der Waals surface area (Å²) >= 11 is 0. The lowest BCUT2D eigenvalue weighted by Gasteiger charge is -2.01. The van der Waals surface area contributed by atoms with Crippen LogP contribution < -0.4 is 0 Å². The van der Waals surface area contributed by atoms with Crippen molar-refractivity contribution in [2.75, 3.05) is 0 Å². The third kappa shape index (κ3) is 2.51. The molecule has 0 saturated carbocycles. The topological polar surface area (TPSA) is 42.9 Å². The molecule has 0 amide bonds. The van der Waals surface area contributed by atoms with Gasteiger partial charge in [0.2, 0.25) is 0 Å². The van der Waals surface area contributed by atoms with Gasteiger partial charge in [-0.15, -0.1) is 0 Å². The third-order valence-corrected chi connectivity index (χ3v) is 2.28. The second kappa shape index (κ2) is 4.66. The summed E-state index contributed by atoms with van der Waals surface area (Å²) in [7, 11) is 0. The molecule has 0 bridgehead atoms. The highest BCUT2D eigenvalue weighted by Gasteiger charge is 2.07. The van der Waals surface area contributed by atoms with Crippen LogP contribution in [-0.4, -0.2) is 15.8 Å². The van der Waals surface area contributed by atoms with Gasteiger partial charge in [-0.05, 0) is 30.2 Å². The van der Waals surface area contributed by atoms with Gasteiger partial charge in [-0.25, -0.2) is 0 Å². The Kier molecular flexibility index (Phi) is 3.05. The third-order valence-electron chi connectivity index (χ3n) is 2.28. The predicted octanol–water partition coefficient (Wildman–Crippen LogP) is 2.21. The molecule has 0 aliphatic rings. The van der Waals surface area contributed by atoms with Crippen molar-refractivity contribution in [2.45, 2.75) is 13.3 Å². The number of nitrogens with zero attached hydrogens (tertiary/aromatic N) is 2. The van der Waals surface area contributed by atoms with E-state index in [0.717, 1.165) is 11.1 Å². The molecule has 2 heterocycles. The molecule has 0 unspecified atom stereocenters. The summed E-state index contributed by atoms with van der Waals surface area (Å²) in [5.41, 5.74) is 2.58. The molecule has 2 rings (SSSR count). The number of hydrogen-bond donors (Lipinski definition) is 0. The van der Waals surface area contributed by atoms with Crippen molar-refractivity contribution >= 4 is 5.78 Å². The maximum Gasteiger partial charge on any atom is 0.168 e. The zero-order valence-corrected chi connectivity index (χ0v) is 9.05. The van der Waals surface area contributed by atoms with Crippen LogP contribution in [-0.2, 0) is 6.42 Å². The van der Waals surface area contributed by atoms with Crippen LogP contribution >= 0.6 is 0 Å². The number of pyridine rings is 2. The largest absolute Gasteiger partial charge is 0.294 e. The molecule has 3 nitrogen and oxygen atoms in total. The van der Waals surface area contributed by atoms with Gasteiger partial charge in [0.15, 0.2) is 5.78 Å². The standard InChI is InChI=1S/C13H12N2O/c1-10-5-12(9-15-7-10)13(16)6-11-3-2-4-14-8-11/h2-5,7-9H,6H2,1H3. The molecule has 2 aromatic heterocycles. The van der Waals surface area contributed by atoms with E-state index in [1.54, 1.807) is 24.8 Å². The number of ketones is 1. The van der Waals surface area contributed by atoms with Gasteiger partial charge in [-0.2, -0.15) is 0 Å². The lowest BCUT2D eigenvalue weighted by Crippen LogP contribution is -2.04. The van der Waals surface area contributed by atoms with E-state index in [-0.39, 0.29) is 5.78 Å². The molecule has 0 fully saturated rings. The molecule has 2 aromatic rings. The summed E-state index contributed by atoms with van der Waals surface area (Å²) in [4.78, 5) is 19.9. The van der Waals surface area contributed by atoms with E-state index in [1.165, 1.54) is 0 Å². The zero-order chi connectivity index (χ0) is 11.4. The molecular formula is C13H12N2O.